The molecule has 1 aromatic rings. The molecular weight excluding hydrogens is 286 g/mol. The zero-order chi connectivity index (χ0) is 14.0. The SMILES string of the molecule is Cc1cccc(CCN2CC(S(=O)(=O)Cl)CC2=O)c1. The summed E-state index contributed by atoms with van der Waals surface area (Å²) in [5, 5.41) is -0.765. The molecular formula is C13H16ClNO3S. The molecule has 1 aliphatic rings. The molecule has 1 heterocycles. The van der Waals surface area contributed by atoms with Crippen molar-refractivity contribution >= 4 is 25.6 Å². The van der Waals surface area contributed by atoms with Crippen molar-refractivity contribution in [1.82, 2.24) is 4.90 Å². The Morgan fingerprint density at radius 2 is 2.16 bits per heavy atom. The number of likely N-dealkylation sites (tertiary alicyclic amines) is 1. The number of halogens is 1. The molecule has 1 saturated heterocycles. The van der Waals surface area contributed by atoms with Gasteiger partial charge in [-0.25, -0.2) is 8.42 Å². The molecule has 1 atom stereocenters. The Bertz CT molecular complexity index is 585. The van der Waals surface area contributed by atoms with E-state index in [1.807, 2.05) is 25.1 Å². The van der Waals surface area contributed by atoms with Crippen molar-refractivity contribution in [3.63, 3.8) is 0 Å². The fourth-order valence-electron chi connectivity index (χ4n) is 2.27. The lowest BCUT2D eigenvalue weighted by atomic mass is 10.1. The molecule has 6 heteroatoms. The molecule has 1 amide bonds. The molecule has 0 spiro atoms. The summed E-state index contributed by atoms with van der Waals surface area (Å²) < 4.78 is 22.5. The number of carbonyl (C=O) groups is 1. The van der Waals surface area contributed by atoms with Gasteiger partial charge in [-0.2, -0.15) is 0 Å². The van der Waals surface area contributed by atoms with Crippen molar-refractivity contribution in [3.8, 4) is 0 Å². The molecule has 1 aliphatic heterocycles. The van der Waals surface area contributed by atoms with Gasteiger partial charge in [-0.05, 0) is 18.9 Å². The summed E-state index contributed by atoms with van der Waals surface area (Å²) >= 11 is 0. The highest BCUT2D eigenvalue weighted by molar-refractivity contribution is 8.14. The van der Waals surface area contributed by atoms with Crippen molar-refractivity contribution in [1.29, 1.82) is 0 Å². The summed E-state index contributed by atoms with van der Waals surface area (Å²) in [4.78, 5) is 13.3. The van der Waals surface area contributed by atoms with Gasteiger partial charge < -0.3 is 4.90 Å². The number of hydrogen-bond acceptors (Lipinski definition) is 3. The van der Waals surface area contributed by atoms with Gasteiger partial charge in [-0.1, -0.05) is 29.8 Å². The second-order valence-electron chi connectivity index (χ2n) is 4.88. The fourth-order valence-corrected chi connectivity index (χ4v) is 3.33. The van der Waals surface area contributed by atoms with E-state index in [4.69, 9.17) is 10.7 Å². The van der Waals surface area contributed by atoms with E-state index in [-0.39, 0.29) is 18.9 Å². The Morgan fingerprint density at radius 3 is 2.74 bits per heavy atom. The highest BCUT2D eigenvalue weighted by Gasteiger charge is 2.36. The van der Waals surface area contributed by atoms with Crippen LogP contribution in [0.15, 0.2) is 24.3 Å². The van der Waals surface area contributed by atoms with Crippen LogP contribution in [0.4, 0.5) is 0 Å². The molecule has 104 valence electrons. The Labute approximate surface area is 117 Å². The molecule has 1 fully saturated rings. The summed E-state index contributed by atoms with van der Waals surface area (Å²) in [7, 11) is 1.65. The molecule has 0 bridgehead atoms. The van der Waals surface area contributed by atoms with E-state index in [0.717, 1.165) is 12.0 Å². The number of aryl methyl sites for hydroxylation is 1. The van der Waals surface area contributed by atoms with Gasteiger partial charge in [-0.15, -0.1) is 0 Å². The third-order valence-corrected chi connectivity index (χ3v) is 5.20. The van der Waals surface area contributed by atoms with Crippen LogP contribution < -0.4 is 0 Å². The summed E-state index contributed by atoms with van der Waals surface area (Å²) in [5.41, 5.74) is 2.32. The molecule has 1 unspecified atom stereocenters. The van der Waals surface area contributed by atoms with Crippen LogP contribution >= 0.6 is 10.7 Å². The van der Waals surface area contributed by atoms with Crippen LogP contribution in [-0.2, 0) is 20.3 Å². The van der Waals surface area contributed by atoms with E-state index in [1.165, 1.54) is 5.56 Å². The second kappa shape index (κ2) is 5.51. The maximum atomic E-state index is 11.7. The molecule has 4 nitrogen and oxygen atoms in total. The highest BCUT2D eigenvalue weighted by Crippen LogP contribution is 2.21. The first-order chi connectivity index (χ1) is 8.86. The molecule has 1 aromatic carbocycles. The Kier molecular flexibility index (Phi) is 4.16. The summed E-state index contributed by atoms with van der Waals surface area (Å²) in [6.07, 6.45) is 0.724. The minimum atomic E-state index is -3.65. The molecule has 2 rings (SSSR count). The van der Waals surface area contributed by atoms with Gasteiger partial charge in [0.25, 0.3) is 0 Å². The lowest BCUT2D eigenvalue weighted by Gasteiger charge is -2.16. The number of amides is 1. The quantitative estimate of drug-likeness (QED) is 0.796. The van der Waals surface area contributed by atoms with Gasteiger partial charge in [0.1, 0.15) is 5.25 Å². The average molecular weight is 302 g/mol. The molecule has 0 N–H and O–H groups in total. The monoisotopic (exact) mass is 301 g/mol. The Morgan fingerprint density at radius 1 is 1.42 bits per heavy atom. The summed E-state index contributed by atoms with van der Waals surface area (Å²) in [5.74, 6) is -0.137. The largest absolute Gasteiger partial charge is 0.341 e. The summed E-state index contributed by atoms with van der Waals surface area (Å²) in [6, 6.07) is 8.06. The van der Waals surface area contributed by atoms with Gasteiger partial charge in [0.2, 0.25) is 15.0 Å². The van der Waals surface area contributed by atoms with E-state index in [0.29, 0.717) is 6.54 Å². The smallest absolute Gasteiger partial charge is 0.237 e. The standard InChI is InChI=1S/C13H16ClNO3S/c1-10-3-2-4-11(7-10)5-6-15-9-12(8-13(15)16)19(14,17)18/h2-4,7,12H,5-6,8-9H2,1H3. The second-order valence-corrected chi connectivity index (χ2v) is 7.79. The zero-order valence-corrected chi connectivity index (χ0v) is 12.2. The van der Waals surface area contributed by atoms with Gasteiger partial charge >= 0.3 is 0 Å². The van der Waals surface area contributed by atoms with Gasteiger partial charge in [0.15, 0.2) is 0 Å². The predicted octanol–water partition coefficient (Wildman–Crippen LogP) is 1.71. The van der Waals surface area contributed by atoms with E-state index in [1.54, 1.807) is 4.90 Å². The maximum Gasteiger partial charge on any atom is 0.237 e. The molecule has 0 aliphatic carbocycles. The minimum absolute atomic E-state index is 0.000346. The topological polar surface area (TPSA) is 54.5 Å². The van der Waals surface area contributed by atoms with Gasteiger partial charge in [0, 0.05) is 30.2 Å². The predicted molar refractivity (Wildman–Crippen MR) is 74.6 cm³/mol. The first-order valence-electron chi connectivity index (χ1n) is 6.13. The van der Waals surface area contributed by atoms with Crippen LogP contribution in [0.25, 0.3) is 0 Å². The van der Waals surface area contributed by atoms with Gasteiger partial charge in [0.05, 0.1) is 0 Å². The van der Waals surface area contributed by atoms with Crippen molar-refractivity contribution in [2.75, 3.05) is 13.1 Å². The number of carbonyl (C=O) groups excluding carboxylic acids is 1. The summed E-state index contributed by atoms with van der Waals surface area (Å²) in [6.45, 7) is 2.75. The van der Waals surface area contributed by atoms with Crippen molar-refractivity contribution in [2.24, 2.45) is 0 Å². The van der Waals surface area contributed by atoms with Crippen molar-refractivity contribution in [2.45, 2.75) is 25.0 Å². The van der Waals surface area contributed by atoms with Crippen LogP contribution in [0.3, 0.4) is 0 Å². The third-order valence-electron chi connectivity index (χ3n) is 3.33. The normalized spacial score (nSPS) is 20.0. The first kappa shape index (κ1) is 14.3. The Balaban J connectivity index is 1.96. The van der Waals surface area contributed by atoms with E-state index in [9.17, 15) is 13.2 Å². The molecule has 0 aromatic heterocycles. The average Bonchev–Trinajstić information content (AvgIpc) is 2.68. The molecule has 0 radical (unpaired) electrons. The lowest BCUT2D eigenvalue weighted by molar-refractivity contribution is -0.127. The minimum Gasteiger partial charge on any atom is -0.341 e. The first-order valence-corrected chi connectivity index (χ1v) is 8.50. The zero-order valence-electron chi connectivity index (χ0n) is 10.7. The van der Waals surface area contributed by atoms with Gasteiger partial charge in [-0.3, -0.25) is 4.79 Å². The highest BCUT2D eigenvalue weighted by atomic mass is 35.7. The van der Waals surface area contributed by atoms with Crippen LogP contribution in [0.2, 0.25) is 0 Å². The number of nitrogens with zero attached hydrogens (tertiary/aromatic N) is 1. The van der Waals surface area contributed by atoms with Crippen LogP contribution in [0.1, 0.15) is 17.5 Å². The fraction of sp³-hybridized carbons (Fsp3) is 0.462. The Hall–Kier alpha value is -1.07. The van der Waals surface area contributed by atoms with Crippen molar-refractivity contribution in [3.05, 3.63) is 35.4 Å². The van der Waals surface area contributed by atoms with Crippen LogP contribution in [0.5, 0.6) is 0 Å². The maximum absolute atomic E-state index is 11.7. The van der Waals surface area contributed by atoms with E-state index in [2.05, 4.69) is 6.07 Å². The number of benzene rings is 1. The van der Waals surface area contributed by atoms with E-state index < -0.39 is 14.3 Å². The number of hydrogen-bond donors (Lipinski definition) is 0. The van der Waals surface area contributed by atoms with Crippen LogP contribution in [-0.4, -0.2) is 37.6 Å². The molecule has 0 saturated carbocycles. The number of rotatable bonds is 4. The van der Waals surface area contributed by atoms with Crippen LogP contribution in [0, 0.1) is 6.92 Å². The third kappa shape index (κ3) is 3.70. The van der Waals surface area contributed by atoms with Crippen molar-refractivity contribution < 1.29 is 13.2 Å². The lowest BCUT2D eigenvalue weighted by Crippen LogP contribution is -2.29. The van der Waals surface area contributed by atoms with E-state index >= 15 is 0 Å². The molecule has 19 heavy (non-hydrogen) atoms.